The molecule has 3 aromatic rings. The molecule has 2 nitrogen and oxygen atoms in total. The predicted molar refractivity (Wildman–Crippen MR) is 87.1 cm³/mol. The molecule has 3 rings (SSSR count). The van der Waals surface area contributed by atoms with Crippen molar-refractivity contribution in [1.29, 1.82) is 0 Å². The average molecular weight is 318 g/mol. The van der Waals surface area contributed by atoms with Crippen LogP contribution in [0.15, 0.2) is 54.9 Å². The lowest BCUT2D eigenvalue weighted by atomic mass is 10.0. The van der Waals surface area contributed by atoms with Gasteiger partial charge in [0.05, 0.1) is 10.9 Å². The molecule has 0 spiro atoms. The minimum absolute atomic E-state index is 0.392. The summed E-state index contributed by atoms with van der Waals surface area (Å²) in [6, 6.07) is 14.0. The summed E-state index contributed by atoms with van der Waals surface area (Å²) in [5.74, 6) is 1.19. The minimum Gasteiger partial charge on any atom is -0.488 e. The van der Waals surface area contributed by atoms with Crippen molar-refractivity contribution < 1.29 is 4.74 Å². The highest BCUT2D eigenvalue weighted by molar-refractivity contribution is 6.31. The number of fused-ring (bicyclic) bond motifs is 1. The standard InChI is InChI=1S/C17H13Cl2NO/c18-9-15-14-4-2-1-3-12(14)5-6-17(15)21-11-13-7-8-20-10-16(13)19/h1-8,10H,9,11H2. The Hall–Kier alpha value is -1.77. The zero-order valence-corrected chi connectivity index (χ0v) is 12.7. The van der Waals surface area contributed by atoms with E-state index in [0.29, 0.717) is 17.5 Å². The van der Waals surface area contributed by atoms with Crippen LogP contribution in [0.25, 0.3) is 10.8 Å². The average Bonchev–Trinajstić information content (AvgIpc) is 2.53. The minimum atomic E-state index is 0.392. The van der Waals surface area contributed by atoms with E-state index in [1.54, 1.807) is 12.4 Å². The maximum atomic E-state index is 6.11. The molecule has 1 aromatic heterocycles. The number of aromatic nitrogens is 1. The molecular weight excluding hydrogens is 305 g/mol. The molecule has 2 aromatic carbocycles. The van der Waals surface area contributed by atoms with Gasteiger partial charge in [0, 0.05) is 23.5 Å². The number of rotatable bonds is 4. The van der Waals surface area contributed by atoms with Crippen LogP contribution in [0.2, 0.25) is 5.02 Å². The third-order valence-corrected chi connectivity index (χ3v) is 3.98. The zero-order chi connectivity index (χ0) is 14.7. The van der Waals surface area contributed by atoms with Crippen molar-refractivity contribution in [2.75, 3.05) is 0 Å². The first-order chi connectivity index (χ1) is 10.3. The molecule has 0 radical (unpaired) electrons. The SMILES string of the molecule is ClCc1c(OCc2ccncc2Cl)ccc2ccccc12. The Morgan fingerprint density at radius 1 is 1.05 bits per heavy atom. The second-order valence-electron chi connectivity index (χ2n) is 4.65. The van der Waals surface area contributed by atoms with Gasteiger partial charge in [0.2, 0.25) is 0 Å². The van der Waals surface area contributed by atoms with Crippen LogP contribution in [0.3, 0.4) is 0 Å². The highest BCUT2D eigenvalue weighted by Gasteiger charge is 2.09. The lowest BCUT2D eigenvalue weighted by Crippen LogP contribution is -1.99. The maximum Gasteiger partial charge on any atom is 0.124 e. The Kier molecular flexibility index (Phi) is 4.28. The molecule has 0 aliphatic heterocycles. The van der Waals surface area contributed by atoms with Gasteiger partial charge < -0.3 is 4.74 Å². The van der Waals surface area contributed by atoms with Crippen LogP contribution in [0.5, 0.6) is 5.75 Å². The summed E-state index contributed by atoms with van der Waals surface area (Å²) in [7, 11) is 0. The molecule has 0 amide bonds. The molecule has 0 unspecified atom stereocenters. The van der Waals surface area contributed by atoms with Crippen LogP contribution in [0.1, 0.15) is 11.1 Å². The van der Waals surface area contributed by atoms with Gasteiger partial charge in [0.15, 0.2) is 0 Å². The maximum absolute atomic E-state index is 6.11. The smallest absolute Gasteiger partial charge is 0.124 e. The molecule has 21 heavy (non-hydrogen) atoms. The van der Waals surface area contributed by atoms with Crippen LogP contribution >= 0.6 is 23.2 Å². The van der Waals surface area contributed by atoms with Gasteiger partial charge >= 0.3 is 0 Å². The molecule has 0 N–H and O–H groups in total. The molecule has 0 fully saturated rings. The van der Waals surface area contributed by atoms with Crippen molar-refractivity contribution in [3.63, 3.8) is 0 Å². The molecule has 4 heteroatoms. The van der Waals surface area contributed by atoms with E-state index in [0.717, 1.165) is 27.6 Å². The molecular formula is C17H13Cl2NO. The molecule has 0 bridgehead atoms. The summed E-state index contributed by atoms with van der Waals surface area (Å²) in [6.45, 7) is 0.392. The Balaban J connectivity index is 1.92. The summed E-state index contributed by atoms with van der Waals surface area (Å²) >= 11 is 12.2. The molecule has 1 heterocycles. The Labute approximate surface area is 133 Å². The highest BCUT2D eigenvalue weighted by atomic mass is 35.5. The van der Waals surface area contributed by atoms with E-state index in [1.165, 1.54) is 0 Å². The number of hydrogen-bond donors (Lipinski definition) is 0. The van der Waals surface area contributed by atoms with Crippen molar-refractivity contribution in [2.24, 2.45) is 0 Å². The van der Waals surface area contributed by atoms with Crippen LogP contribution < -0.4 is 4.74 Å². The largest absolute Gasteiger partial charge is 0.488 e. The van der Waals surface area contributed by atoms with Gasteiger partial charge in [0.1, 0.15) is 12.4 Å². The van der Waals surface area contributed by atoms with Crippen LogP contribution in [0.4, 0.5) is 0 Å². The number of hydrogen-bond acceptors (Lipinski definition) is 2. The molecule has 0 saturated carbocycles. The highest BCUT2D eigenvalue weighted by Crippen LogP contribution is 2.30. The zero-order valence-electron chi connectivity index (χ0n) is 11.2. The summed E-state index contributed by atoms with van der Waals surface area (Å²) in [4.78, 5) is 3.97. The number of nitrogens with zero attached hydrogens (tertiary/aromatic N) is 1. The third kappa shape index (κ3) is 2.97. The fourth-order valence-electron chi connectivity index (χ4n) is 2.27. The molecule has 0 atom stereocenters. The predicted octanol–water partition coefficient (Wildman–Crippen LogP) is 5.21. The van der Waals surface area contributed by atoms with Gasteiger partial charge in [-0.3, -0.25) is 4.98 Å². The van der Waals surface area contributed by atoms with E-state index < -0.39 is 0 Å². The van der Waals surface area contributed by atoms with Crippen LogP contribution in [0, 0.1) is 0 Å². The molecule has 0 aliphatic carbocycles. The number of benzene rings is 2. The lowest BCUT2D eigenvalue weighted by Gasteiger charge is -2.13. The monoisotopic (exact) mass is 317 g/mol. The normalized spacial score (nSPS) is 10.8. The van der Waals surface area contributed by atoms with Crippen LogP contribution in [-0.4, -0.2) is 4.98 Å². The van der Waals surface area contributed by atoms with Crippen molar-refractivity contribution in [2.45, 2.75) is 12.5 Å². The van der Waals surface area contributed by atoms with Gasteiger partial charge in [-0.05, 0) is 22.9 Å². The third-order valence-electron chi connectivity index (χ3n) is 3.37. The summed E-state index contributed by atoms with van der Waals surface area (Å²) in [5, 5.41) is 2.87. The molecule has 0 aliphatic rings. The summed E-state index contributed by atoms with van der Waals surface area (Å²) in [5.41, 5.74) is 1.90. The Morgan fingerprint density at radius 2 is 1.90 bits per heavy atom. The summed E-state index contributed by atoms with van der Waals surface area (Å²) in [6.07, 6.45) is 3.32. The molecule has 0 saturated heterocycles. The van der Waals surface area contributed by atoms with Crippen molar-refractivity contribution in [3.8, 4) is 5.75 Å². The molecule has 106 valence electrons. The van der Waals surface area contributed by atoms with Gasteiger partial charge in [-0.15, -0.1) is 11.6 Å². The number of ether oxygens (including phenoxy) is 1. The van der Waals surface area contributed by atoms with E-state index in [9.17, 15) is 0 Å². The van der Waals surface area contributed by atoms with E-state index in [-0.39, 0.29) is 0 Å². The van der Waals surface area contributed by atoms with E-state index in [4.69, 9.17) is 27.9 Å². The quantitative estimate of drug-likeness (QED) is 0.616. The first-order valence-corrected chi connectivity index (χ1v) is 7.48. The fourth-order valence-corrected chi connectivity index (χ4v) is 2.72. The van der Waals surface area contributed by atoms with Crippen LogP contribution in [-0.2, 0) is 12.5 Å². The van der Waals surface area contributed by atoms with Crippen molar-refractivity contribution in [1.82, 2.24) is 4.98 Å². The van der Waals surface area contributed by atoms with E-state index >= 15 is 0 Å². The van der Waals surface area contributed by atoms with Crippen molar-refractivity contribution >= 4 is 34.0 Å². The first-order valence-electron chi connectivity index (χ1n) is 6.57. The van der Waals surface area contributed by atoms with E-state index in [2.05, 4.69) is 17.1 Å². The van der Waals surface area contributed by atoms with Gasteiger partial charge in [-0.1, -0.05) is 41.9 Å². The second-order valence-corrected chi connectivity index (χ2v) is 5.33. The number of alkyl halides is 1. The van der Waals surface area contributed by atoms with Gasteiger partial charge in [-0.25, -0.2) is 0 Å². The van der Waals surface area contributed by atoms with E-state index in [1.807, 2.05) is 30.3 Å². The number of halogens is 2. The Bertz CT molecular complexity index is 774. The fraction of sp³-hybridized carbons (Fsp3) is 0.118. The second kappa shape index (κ2) is 6.33. The van der Waals surface area contributed by atoms with Crippen molar-refractivity contribution in [3.05, 3.63) is 71.0 Å². The topological polar surface area (TPSA) is 22.1 Å². The number of pyridine rings is 1. The van der Waals surface area contributed by atoms with Gasteiger partial charge in [0.25, 0.3) is 0 Å². The van der Waals surface area contributed by atoms with Gasteiger partial charge in [-0.2, -0.15) is 0 Å². The summed E-state index contributed by atoms with van der Waals surface area (Å²) < 4.78 is 5.91. The Morgan fingerprint density at radius 3 is 2.71 bits per heavy atom. The first kappa shape index (κ1) is 14.2. The lowest BCUT2D eigenvalue weighted by molar-refractivity contribution is 0.304.